The first-order valence-electron chi connectivity index (χ1n) is 3.37. The number of esters is 1. The van der Waals surface area contributed by atoms with Crippen molar-refractivity contribution in [3.8, 4) is 0 Å². The van der Waals surface area contributed by atoms with Gasteiger partial charge in [-0.05, 0) is 17.7 Å². The van der Waals surface area contributed by atoms with E-state index in [1.165, 1.54) is 25.4 Å². The zero-order valence-corrected chi connectivity index (χ0v) is 6.84. The molecule has 0 aliphatic rings. The van der Waals surface area contributed by atoms with Crippen LogP contribution in [0.5, 0.6) is 0 Å². The molecule has 13 heavy (non-hydrogen) atoms. The Bertz CT molecular complexity index is 353. The Hall–Kier alpha value is -2.07. The summed E-state index contributed by atoms with van der Waals surface area (Å²) in [7, 11) is 1.27. The van der Waals surface area contributed by atoms with Crippen molar-refractivity contribution in [1.29, 1.82) is 0 Å². The van der Waals surface area contributed by atoms with Crippen LogP contribution < -0.4 is 0 Å². The number of ether oxygens (including phenoxy) is 1. The molecule has 1 heterocycles. The summed E-state index contributed by atoms with van der Waals surface area (Å²) in [6, 6.07) is 2.91. The minimum Gasteiger partial charge on any atom is -0.464 e. The molecule has 0 N–H and O–H groups in total. The zero-order valence-electron chi connectivity index (χ0n) is 6.84. The van der Waals surface area contributed by atoms with Crippen molar-refractivity contribution < 1.29 is 9.53 Å². The van der Waals surface area contributed by atoms with Crippen LogP contribution in [-0.4, -0.2) is 18.1 Å². The van der Waals surface area contributed by atoms with E-state index in [1.54, 1.807) is 0 Å². The quantitative estimate of drug-likeness (QED) is 0.299. The molecule has 0 bridgehead atoms. The lowest BCUT2D eigenvalue weighted by atomic mass is 10.3. The number of methoxy groups -OCH3 is 1. The molecule has 0 saturated carbocycles. The molecule has 0 aliphatic heterocycles. The highest BCUT2D eigenvalue weighted by Crippen LogP contribution is 2.10. The van der Waals surface area contributed by atoms with E-state index in [0.29, 0.717) is 5.69 Å². The normalized spacial score (nSPS) is 8.69. The van der Waals surface area contributed by atoms with Crippen molar-refractivity contribution in [3.05, 3.63) is 34.5 Å². The first kappa shape index (κ1) is 9.02. The summed E-state index contributed by atoms with van der Waals surface area (Å²) in [4.78, 5) is 17.2. The molecule has 0 aliphatic carbocycles. The fourth-order valence-electron chi connectivity index (χ4n) is 0.722. The van der Waals surface area contributed by atoms with Crippen molar-refractivity contribution in [2.45, 2.75) is 0 Å². The molecule has 0 aromatic carbocycles. The molecule has 1 rings (SSSR count). The van der Waals surface area contributed by atoms with Crippen LogP contribution in [0.1, 0.15) is 10.5 Å². The van der Waals surface area contributed by atoms with Crippen LogP contribution in [0, 0.1) is 0 Å². The SMILES string of the molecule is COC(=O)c1ccc(N=[N+]=[N-])cn1. The van der Waals surface area contributed by atoms with Crippen LogP contribution in [0.25, 0.3) is 10.4 Å². The molecule has 0 amide bonds. The van der Waals surface area contributed by atoms with Crippen LogP contribution in [0.3, 0.4) is 0 Å². The van der Waals surface area contributed by atoms with Gasteiger partial charge in [-0.2, -0.15) is 0 Å². The predicted molar refractivity (Wildman–Crippen MR) is 44.4 cm³/mol. The molecular formula is C7H6N4O2. The standard InChI is InChI=1S/C7H6N4O2/c1-13-7(12)6-3-2-5(4-9-6)10-11-8/h2-4H,1H3. The third kappa shape index (κ3) is 2.18. The molecule has 66 valence electrons. The number of hydrogen-bond acceptors (Lipinski definition) is 4. The summed E-state index contributed by atoms with van der Waals surface area (Å²) in [5.74, 6) is -0.521. The highest BCUT2D eigenvalue weighted by atomic mass is 16.5. The van der Waals surface area contributed by atoms with E-state index in [0.717, 1.165) is 0 Å². The molecule has 0 radical (unpaired) electrons. The van der Waals surface area contributed by atoms with E-state index < -0.39 is 5.97 Å². The summed E-state index contributed by atoms with van der Waals surface area (Å²) in [6.45, 7) is 0. The lowest BCUT2D eigenvalue weighted by Gasteiger charge is -1.96. The smallest absolute Gasteiger partial charge is 0.356 e. The Balaban J connectivity index is 2.93. The first-order valence-corrected chi connectivity index (χ1v) is 3.37. The van der Waals surface area contributed by atoms with E-state index in [1.807, 2.05) is 0 Å². The van der Waals surface area contributed by atoms with Gasteiger partial charge in [0, 0.05) is 11.1 Å². The zero-order chi connectivity index (χ0) is 9.68. The van der Waals surface area contributed by atoms with E-state index in [4.69, 9.17) is 5.53 Å². The number of nitrogens with zero attached hydrogens (tertiary/aromatic N) is 4. The number of azide groups is 1. The van der Waals surface area contributed by atoms with Gasteiger partial charge in [-0.1, -0.05) is 5.11 Å². The van der Waals surface area contributed by atoms with Gasteiger partial charge >= 0.3 is 5.97 Å². The Kier molecular flexibility index (Phi) is 2.83. The van der Waals surface area contributed by atoms with Crippen LogP contribution in [0.2, 0.25) is 0 Å². The maximum Gasteiger partial charge on any atom is 0.356 e. The summed E-state index contributed by atoms with van der Waals surface area (Å²) < 4.78 is 4.43. The fourth-order valence-corrected chi connectivity index (χ4v) is 0.722. The van der Waals surface area contributed by atoms with Gasteiger partial charge in [0.1, 0.15) is 5.69 Å². The van der Waals surface area contributed by atoms with Gasteiger partial charge in [0.25, 0.3) is 0 Å². The molecule has 6 heteroatoms. The topological polar surface area (TPSA) is 88.0 Å². The van der Waals surface area contributed by atoms with E-state index >= 15 is 0 Å². The Morgan fingerprint density at radius 2 is 2.46 bits per heavy atom. The maximum atomic E-state index is 10.9. The molecule has 0 saturated heterocycles. The van der Waals surface area contributed by atoms with Crippen LogP contribution in [0.4, 0.5) is 5.69 Å². The molecule has 0 spiro atoms. The lowest BCUT2D eigenvalue weighted by molar-refractivity contribution is 0.0594. The molecule has 0 atom stereocenters. The van der Waals surface area contributed by atoms with Gasteiger partial charge in [-0.3, -0.25) is 0 Å². The molecule has 0 fully saturated rings. The monoisotopic (exact) mass is 178 g/mol. The number of pyridine rings is 1. The number of aromatic nitrogens is 1. The molecule has 6 nitrogen and oxygen atoms in total. The van der Waals surface area contributed by atoms with Gasteiger partial charge in [0.05, 0.1) is 12.8 Å². The van der Waals surface area contributed by atoms with E-state index in [-0.39, 0.29) is 5.69 Å². The van der Waals surface area contributed by atoms with Crippen LogP contribution >= 0.6 is 0 Å². The number of rotatable bonds is 2. The molecule has 1 aromatic heterocycles. The molecule has 1 aromatic rings. The second-order valence-corrected chi connectivity index (χ2v) is 2.08. The minimum atomic E-state index is -0.521. The summed E-state index contributed by atoms with van der Waals surface area (Å²) in [5.41, 5.74) is 8.62. The average molecular weight is 178 g/mol. The van der Waals surface area contributed by atoms with Gasteiger partial charge in [0.15, 0.2) is 0 Å². The fraction of sp³-hybridized carbons (Fsp3) is 0.143. The number of carbonyl (C=O) groups excluding carboxylic acids is 1. The predicted octanol–water partition coefficient (Wildman–Crippen LogP) is 1.81. The number of carbonyl (C=O) groups is 1. The lowest BCUT2D eigenvalue weighted by Crippen LogP contribution is -2.02. The maximum absolute atomic E-state index is 10.9. The van der Waals surface area contributed by atoms with Crippen molar-refractivity contribution in [2.75, 3.05) is 7.11 Å². The third-order valence-electron chi connectivity index (χ3n) is 1.30. The van der Waals surface area contributed by atoms with Crippen molar-refractivity contribution in [2.24, 2.45) is 5.11 Å². The van der Waals surface area contributed by atoms with Crippen LogP contribution in [0.15, 0.2) is 23.4 Å². The van der Waals surface area contributed by atoms with E-state index in [2.05, 4.69) is 19.7 Å². The van der Waals surface area contributed by atoms with Crippen molar-refractivity contribution >= 4 is 11.7 Å². The minimum absolute atomic E-state index is 0.180. The first-order chi connectivity index (χ1) is 6.27. The van der Waals surface area contributed by atoms with Gasteiger partial charge in [-0.15, -0.1) is 0 Å². The Labute approximate surface area is 73.8 Å². The second-order valence-electron chi connectivity index (χ2n) is 2.08. The van der Waals surface area contributed by atoms with Gasteiger partial charge < -0.3 is 4.74 Å². The third-order valence-corrected chi connectivity index (χ3v) is 1.30. The summed E-state index contributed by atoms with van der Waals surface area (Å²) in [6.07, 6.45) is 1.30. The highest BCUT2D eigenvalue weighted by Gasteiger charge is 2.04. The molecular weight excluding hydrogens is 172 g/mol. The van der Waals surface area contributed by atoms with Crippen molar-refractivity contribution in [3.63, 3.8) is 0 Å². The van der Waals surface area contributed by atoms with Gasteiger partial charge in [-0.25, -0.2) is 9.78 Å². The largest absolute Gasteiger partial charge is 0.464 e. The average Bonchev–Trinajstić information content (AvgIpc) is 2.18. The van der Waals surface area contributed by atoms with Crippen molar-refractivity contribution in [1.82, 2.24) is 4.98 Å². The van der Waals surface area contributed by atoms with Gasteiger partial charge in [0.2, 0.25) is 0 Å². The highest BCUT2D eigenvalue weighted by molar-refractivity contribution is 5.87. The Morgan fingerprint density at radius 3 is 2.92 bits per heavy atom. The summed E-state index contributed by atoms with van der Waals surface area (Å²) >= 11 is 0. The molecule has 0 unspecified atom stereocenters. The summed E-state index contributed by atoms with van der Waals surface area (Å²) in [5, 5.41) is 3.30. The van der Waals surface area contributed by atoms with Crippen LogP contribution in [-0.2, 0) is 4.74 Å². The Morgan fingerprint density at radius 1 is 1.69 bits per heavy atom. The van der Waals surface area contributed by atoms with E-state index in [9.17, 15) is 4.79 Å². The number of hydrogen-bond donors (Lipinski definition) is 0. The second kappa shape index (κ2) is 4.08.